The van der Waals surface area contributed by atoms with Crippen LogP contribution in [-0.4, -0.2) is 23.3 Å². The van der Waals surface area contributed by atoms with Gasteiger partial charge in [0, 0.05) is 10.8 Å². The Hall–Kier alpha value is -2.59. The Bertz CT molecular complexity index is 1120. The third-order valence-electron chi connectivity index (χ3n) is 3.85. The standard InChI is InChI=1S/C17H10O7S2/c18-13(14-16(25(19)20)9-5-1-3-7-11(9)23-14)15-17(26(21)22)10-6-2-4-8-12(10)24-15/h1-8H,(H,19,20)(H,21,22)/p-2. The van der Waals surface area contributed by atoms with E-state index in [0.29, 0.717) is 0 Å². The molecule has 0 aliphatic carbocycles. The second kappa shape index (κ2) is 6.29. The minimum Gasteiger partial charge on any atom is -0.768 e. The fourth-order valence-electron chi connectivity index (χ4n) is 2.78. The molecule has 4 aromatic rings. The van der Waals surface area contributed by atoms with E-state index in [9.17, 15) is 22.3 Å². The lowest BCUT2D eigenvalue weighted by Crippen LogP contribution is -2.06. The van der Waals surface area contributed by atoms with E-state index in [0.717, 1.165) is 0 Å². The number of fused-ring (bicyclic) bond motifs is 2. The number of benzene rings is 2. The summed E-state index contributed by atoms with van der Waals surface area (Å²) in [5.74, 6) is -1.95. The van der Waals surface area contributed by atoms with Crippen molar-refractivity contribution in [1.82, 2.24) is 0 Å². The topological polar surface area (TPSA) is 124 Å². The normalized spacial score (nSPS) is 13.9. The third kappa shape index (κ3) is 2.53. The van der Waals surface area contributed by atoms with Crippen LogP contribution in [0.25, 0.3) is 21.9 Å². The van der Waals surface area contributed by atoms with E-state index in [2.05, 4.69) is 0 Å². The highest BCUT2D eigenvalue weighted by atomic mass is 32.2. The Balaban J connectivity index is 2.00. The van der Waals surface area contributed by atoms with Gasteiger partial charge in [0.05, 0.1) is 9.79 Å². The lowest BCUT2D eigenvalue weighted by atomic mass is 10.2. The molecule has 4 rings (SSSR count). The maximum Gasteiger partial charge on any atom is 0.265 e. The van der Waals surface area contributed by atoms with Crippen molar-refractivity contribution < 1.29 is 31.2 Å². The minimum absolute atomic E-state index is 0.191. The molecule has 0 bridgehead atoms. The highest BCUT2D eigenvalue weighted by Crippen LogP contribution is 2.34. The number of furan rings is 2. The Kier molecular flexibility index (Phi) is 4.08. The maximum atomic E-state index is 12.9. The molecular formula is C17H8O7S2-2. The zero-order valence-electron chi connectivity index (χ0n) is 12.8. The highest BCUT2D eigenvalue weighted by molar-refractivity contribution is 7.79. The van der Waals surface area contributed by atoms with Gasteiger partial charge in [-0.1, -0.05) is 24.3 Å². The number of carbonyl (C=O) groups excluding carboxylic acids is 1. The van der Waals surface area contributed by atoms with E-state index in [1.165, 1.54) is 24.3 Å². The maximum absolute atomic E-state index is 12.9. The lowest BCUT2D eigenvalue weighted by Gasteiger charge is -2.07. The molecular weight excluding hydrogens is 380 g/mol. The van der Waals surface area contributed by atoms with E-state index in [4.69, 9.17) is 8.83 Å². The highest BCUT2D eigenvalue weighted by Gasteiger charge is 2.29. The van der Waals surface area contributed by atoms with E-state index in [1.54, 1.807) is 24.3 Å². The van der Waals surface area contributed by atoms with Gasteiger partial charge in [0.2, 0.25) is 0 Å². The van der Waals surface area contributed by atoms with Gasteiger partial charge in [-0.15, -0.1) is 0 Å². The van der Waals surface area contributed by atoms with Gasteiger partial charge in [-0.05, 0) is 46.4 Å². The van der Waals surface area contributed by atoms with Crippen molar-refractivity contribution in [2.24, 2.45) is 0 Å². The van der Waals surface area contributed by atoms with Crippen molar-refractivity contribution in [3.8, 4) is 0 Å². The number of carbonyl (C=O) groups is 1. The molecule has 132 valence electrons. The van der Waals surface area contributed by atoms with Gasteiger partial charge in [-0.2, -0.15) is 0 Å². The molecule has 0 aliphatic heterocycles. The molecule has 0 N–H and O–H groups in total. The molecule has 0 saturated heterocycles. The molecule has 0 aliphatic rings. The summed E-state index contributed by atoms with van der Waals surface area (Å²) in [5.41, 5.74) is 0.381. The summed E-state index contributed by atoms with van der Waals surface area (Å²) in [6.07, 6.45) is 0. The molecule has 2 aromatic carbocycles. The van der Waals surface area contributed by atoms with Crippen LogP contribution in [0.15, 0.2) is 67.2 Å². The zero-order chi connectivity index (χ0) is 18.4. The third-order valence-corrected chi connectivity index (χ3v) is 5.32. The van der Waals surface area contributed by atoms with Crippen molar-refractivity contribution >= 4 is 49.9 Å². The van der Waals surface area contributed by atoms with Gasteiger partial charge < -0.3 is 17.9 Å². The van der Waals surface area contributed by atoms with E-state index >= 15 is 0 Å². The molecule has 2 heterocycles. The van der Waals surface area contributed by atoms with Crippen molar-refractivity contribution in [2.75, 3.05) is 0 Å². The predicted octanol–water partition coefficient (Wildman–Crippen LogP) is 2.89. The van der Waals surface area contributed by atoms with Crippen LogP contribution in [0.1, 0.15) is 16.3 Å². The fourth-order valence-corrected chi connectivity index (χ4v) is 4.04. The summed E-state index contributed by atoms with van der Waals surface area (Å²) in [6, 6.07) is 12.4. The summed E-state index contributed by atoms with van der Waals surface area (Å²) < 4.78 is 57.4. The number of para-hydroxylation sites is 2. The Morgan fingerprint density at radius 2 is 1.12 bits per heavy atom. The molecule has 0 amide bonds. The van der Waals surface area contributed by atoms with Crippen LogP contribution in [-0.2, 0) is 22.2 Å². The minimum atomic E-state index is -2.77. The second-order valence-electron chi connectivity index (χ2n) is 5.31. The van der Waals surface area contributed by atoms with Gasteiger partial charge in [-0.25, -0.2) is 0 Å². The molecule has 0 spiro atoms. The first kappa shape index (κ1) is 16.9. The molecule has 7 nitrogen and oxygen atoms in total. The summed E-state index contributed by atoms with van der Waals surface area (Å²) in [6.45, 7) is 0. The zero-order valence-corrected chi connectivity index (χ0v) is 14.4. The van der Waals surface area contributed by atoms with Gasteiger partial charge >= 0.3 is 0 Å². The summed E-state index contributed by atoms with van der Waals surface area (Å²) >= 11 is -5.55. The quantitative estimate of drug-likeness (QED) is 0.389. The van der Waals surface area contributed by atoms with Crippen LogP contribution in [0.4, 0.5) is 0 Å². The largest absolute Gasteiger partial charge is 0.768 e. The number of ketones is 1. The molecule has 0 fully saturated rings. The van der Waals surface area contributed by atoms with Crippen LogP contribution in [0.2, 0.25) is 0 Å². The molecule has 0 saturated carbocycles. The number of hydrogen-bond donors (Lipinski definition) is 0. The van der Waals surface area contributed by atoms with Crippen LogP contribution in [0, 0.1) is 0 Å². The van der Waals surface area contributed by atoms with Crippen molar-refractivity contribution in [3.63, 3.8) is 0 Å². The van der Waals surface area contributed by atoms with Crippen LogP contribution < -0.4 is 0 Å². The van der Waals surface area contributed by atoms with Gasteiger partial charge in [0.1, 0.15) is 11.2 Å². The van der Waals surface area contributed by atoms with Crippen molar-refractivity contribution in [3.05, 3.63) is 60.1 Å². The number of rotatable bonds is 4. The summed E-state index contributed by atoms with van der Waals surface area (Å²) in [7, 11) is 0. The first-order valence-corrected chi connectivity index (χ1v) is 9.40. The molecule has 2 unspecified atom stereocenters. The molecule has 26 heavy (non-hydrogen) atoms. The molecule has 0 radical (unpaired) electrons. The monoisotopic (exact) mass is 388 g/mol. The van der Waals surface area contributed by atoms with Gasteiger partial charge in [-0.3, -0.25) is 13.2 Å². The average molecular weight is 388 g/mol. The van der Waals surface area contributed by atoms with Crippen LogP contribution in [0.3, 0.4) is 0 Å². The lowest BCUT2D eigenvalue weighted by molar-refractivity contribution is 0.0978. The van der Waals surface area contributed by atoms with Crippen molar-refractivity contribution in [2.45, 2.75) is 9.79 Å². The number of hydrogen-bond acceptors (Lipinski definition) is 7. The molecule has 9 heteroatoms. The predicted molar refractivity (Wildman–Crippen MR) is 90.2 cm³/mol. The van der Waals surface area contributed by atoms with E-state index in [1.807, 2.05) is 0 Å². The second-order valence-corrected chi connectivity index (χ2v) is 7.07. The average Bonchev–Trinajstić information content (AvgIpc) is 3.19. The van der Waals surface area contributed by atoms with Crippen LogP contribution in [0.5, 0.6) is 0 Å². The van der Waals surface area contributed by atoms with Gasteiger partial charge in [0.25, 0.3) is 5.78 Å². The first-order chi connectivity index (χ1) is 12.5. The molecule has 2 aromatic heterocycles. The van der Waals surface area contributed by atoms with Crippen LogP contribution >= 0.6 is 0 Å². The summed E-state index contributed by atoms with van der Waals surface area (Å²) in [5, 5.41) is 0.454. The Morgan fingerprint density at radius 3 is 1.50 bits per heavy atom. The Morgan fingerprint density at radius 1 is 0.731 bits per heavy atom. The smallest absolute Gasteiger partial charge is 0.265 e. The fraction of sp³-hybridized carbons (Fsp3) is 0. The first-order valence-electron chi connectivity index (χ1n) is 7.25. The molecule has 2 atom stereocenters. The van der Waals surface area contributed by atoms with Crippen molar-refractivity contribution in [1.29, 1.82) is 0 Å². The Labute approximate surface area is 151 Å². The summed E-state index contributed by atoms with van der Waals surface area (Å²) in [4.78, 5) is 12.2. The SMILES string of the molecule is O=C(c1oc2ccccc2c1S(=O)[O-])c1oc2ccccc2c1S(=O)[O-]. The van der Waals surface area contributed by atoms with Gasteiger partial charge in [0.15, 0.2) is 11.5 Å². The van der Waals surface area contributed by atoms with E-state index in [-0.39, 0.29) is 31.7 Å². The van der Waals surface area contributed by atoms with E-state index < -0.39 is 39.5 Å².